The molecule has 17 heavy (non-hydrogen) atoms. The molecule has 0 radical (unpaired) electrons. The van der Waals surface area contributed by atoms with Gasteiger partial charge in [-0.2, -0.15) is 0 Å². The number of aliphatic hydroxyl groups excluding tert-OH is 1. The van der Waals surface area contributed by atoms with Gasteiger partial charge < -0.3 is 5.11 Å². The summed E-state index contributed by atoms with van der Waals surface area (Å²) >= 11 is 0. The zero-order valence-electron chi connectivity index (χ0n) is 11.2. The standard InChI is InChI=1S/C16H26O/c1-14(2)13-16(17)12-8-4-7-11-15-9-5-3-6-10-15/h3,5-6,9-10,14,16-17H,4,7-8,11-13H2,1-2H3. The van der Waals surface area contributed by atoms with Gasteiger partial charge >= 0.3 is 0 Å². The van der Waals surface area contributed by atoms with Crippen LogP contribution in [-0.4, -0.2) is 11.2 Å². The third-order valence-electron chi connectivity index (χ3n) is 3.09. The molecule has 0 bridgehead atoms. The van der Waals surface area contributed by atoms with Crippen molar-refractivity contribution in [1.82, 2.24) is 0 Å². The van der Waals surface area contributed by atoms with Crippen LogP contribution in [0.3, 0.4) is 0 Å². The molecule has 1 aromatic carbocycles. The first-order valence-electron chi connectivity index (χ1n) is 6.90. The molecule has 1 unspecified atom stereocenters. The highest BCUT2D eigenvalue weighted by atomic mass is 16.3. The Bertz CT molecular complexity index is 279. The molecule has 1 atom stereocenters. The highest BCUT2D eigenvalue weighted by Crippen LogP contribution is 2.13. The summed E-state index contributed by atoms with van der Waals surface area (Å²) in [5.74, 6) is 0.606. The first kappa shape index (κ1) is 14.2. The normalized spacial score (nSPS) is 12.9. The average Bonchev–Trinajstić information content (AvgIpc) is 2.29. The molecule has 1 heteroatoms. The Labute approximate surface area is 106 Å². The number of rotatable bonds is 8. The molecule has 1 N–H and O–H groups in total. The number of aliphatic hydroxyl groups is 1. The van der Waals surface area contributed by atoms with E-state index in [4.69, 9.17) is 0 Å². The van der Waals surface area contributed by atoms with Gasteiger partial charge in [-0.15, -0.1) is 0 Å². The van der Waals surface area contributed by atoms with Crippen molar-refractivity contribution in [3.05, 3.63) is 35.9 Å². The summed E-state index contributed by atoms with van der Waals surface area (Å²) in [7, 11) is 0. The average molecular weight is 234 g/mol. The van der Waals surface area contributed by atoms with E-state index in [9.17, 15) is 5.11 Å². The zero-order valence-corrected chi connectivity index (χ0v) is 11.2. The lowest BCUT2D eigenvalue weighted by Gasteiger charge is -2.12. The van der Waals surface area contributed by atoms with Crippen LogP contribution in [0, 0.1) is 5.92 Å². The van der Waals surface area contributed by atoms with E-state index < -0.39 is 0 Å². The maximum Gasteiger partial charge on any atom is 0.0542 e. The Morgan fingerprint density at radius 3 is 2.35 bits per heavy atom. The Balaban J connectivity index is 2.01. The molecule has 0 amide bonds. The minimum atomic E-state index is -0.0910. The summed E-state index contributed by atoms with van der Waals surface area (Å²) in [5.41, 5.74) is 1.43. The lowest BCUT2D eigenvalue weighted by atomic mass is 10.00. The van der Waals surface area contributed by atoms with Crippen molar-refractivity contribution in [1.29, 1.82) is 0 Å². The summed E-state index contributed by atoms with van der Waals surface area (Å²) in [6.07, 6.45) is 6.60. The Hall–Kier alpha value is -0.820. The SMILES string of the molecule is CC(C)CC(O)CCCCCc1ccccc1. The predicted molar refractivity (Wildman–Crippen MR) is 74.1 cm³/mol. The maximum absolute atomic E-state index is 9.74. The van der Waals surface area contributed by atoms with Crippen LogP contribution in [0.4, 0.5) is 0 Å². The second-order valence-electron chi connectivity index (χ2n) is 5.37. The van der Waals surface area contributed by atoms with E-state index in [1.165, 1.54) is 24.8 Å². The molecule has 96 valence electrons. The molecule has 0 aromatic heterocycles. The van der Waals surface area contributed by atoms with Gasteiger partial charge in [0.15, 0.2) is 0 Å². The summed E-state index contributed by atoms with van der Waals surface area (Å²) in [5, 5.41) is 9.74. The summed E-state index contributed by atoms with van der Waals surface area (Å²) in [4.78, 5) is 0. The number of hydrogen-bond acceptors (Lipinski definition) is 1. The highest BCUT2D eigenvalue weighted by Gasteiger charge is 2.06. The van der Waals surface area contributed by atoms with E-state index in [0.717, 1.165) is 19.3 Å². The van der Waals surface area contributed by atoms with E-state index >= 15 is 0 Å². The van der Waals surface area contributed by atoms with Gasteiger partial charge in [-0.3, -0.25) is 0 Å². The zero-order chi connectivity index (χ0) is 12.5. The number of aryl methyl sites for hydroxylation is 1. The van der Waals surface area contributed by atoms with E-state index in [2.05, 4.69) is 44.2 Å². The van der Waals surface area contributed by atoms with Crippen molar-refractivity contribution < 1.29 is 5.11 Å². The maximum atomic E-state index is 9.74. The van der Waals surface area contributed by atoms with Crippen LogP contribution in [0.2, 0.25) is 0 Å². The molecule has 1 nitrogen and oxygen atoms in total. The van der Waals surface area contributed by atoms with Crippen LogP contribution in [0.5, 0.6) is 0 Å². The largest absolute Gasteiger partial charge is 0.393 e. The Morgan fingerprint density at radius 1 is 1.00 bits per heavy atom. The molecule has 0 aliphatic rings. The van der Waals surface area contributed by atoms with Gasteiger partial charge in [-0.25, -0.2) is 0 Å². The van der Waals surface area contributed by atoms with Crippen LogP contribution >= 0.6 is 0 Å². The third kappa shape index (κ3) is 7.17. The van der Waals surface area contributed by atoms with Crippen molar-refractivity contribution in [2.75, 3.05) is 0 Å². The fourth-order valence-electron chi connectivity index (χ4n) is 2.19. The van der Waals surface area contributed by atoms with Crippen LogP contribution in [0.1, 0.15) is 51.5 Å². The predicted octanol–water partition coefficient (Wildman–Crippen LogP) is 4.20. The lowest BCUT2D eigenvalue weighted by molar-refractivity contribution is 0.136. The van der Waals surface area contributed by atoms with Crippen LogP contribution < -0.4 is 0 Å². The number of benzene rings is 1. The smallest absolute Gasteiger partial charge is 0.0542 e. The van der Waals surface area contributed by atoms with Gasteiger partial charge in [0.1, 0.15) is 0 Å². The first-order valence-corrected chi connectivity index (χ1v) is 6.90. The van der Waals surface area contributed by atoms with Crippen LogP contribution in [0.25, 0.3) is 0 Å². The van der Waals surface area contributed by atoms with E-state index in [-0.39, 0.29) is 6.10 Å². The van der Waals surface area contributed by atoms with Crippen LogP contribution in [-0.2, 0) is 6.42 Å². The van der Waals surface area contributed by atoms with Gasteiger partial charge in [-0.1, -0.05) is 57.0 Å². The molecule has 0 saturated heterocycles. The fraction of sp³-hybridized carbons (Fsp3) is 0.625. The van der Waals surface area contributed by atoms with Gasteiger partial charge in [0.05, 0.1) is 6.10 Å². The lowest BCUT2D eigenvalue weighted by Crippen LogP contribution is -2.09. The fourth-order valence-corrected chi connectivity index (χ4v) is 2.19. The van der Waals surface area contributed by atoms with Crippen molar-refractivity contribution >= 4 is 0 Å². The minimum Gasteiger partial charge on any atom is -0.393 e. The summed E-state index contributed by atoms with van der Waals surface area (Å²) in [6, 6.07) is 10.6. The first-order chi connectivity index (χ1) is 8.18. The molecule has 1 rings (SSSR count). The second-order valence-corrected chi connectivity index (χ2v) is 5.37. The molecule has 1 aromatic rings. The third-order valence-corrected chi connectivity index (χ3v) is 3.09. The minimum absolute atomic E-state index is 0.0910. The molecular weight excluding hydrogens is 208 g/mol. The van der Waals surface area contributed by atoms with Gasteiger partial charge in [0.2, 0.25) is 0 Å². The quantitative estimate of drug-likeness (QED) is 0.668. The molecule has 0 heterocycles. The Kier molecular flexibility index (Phi) is 6.95. The van der Waals surface area contributed by atoms with Crippen molar-refractivity contribution in [3.8, 4) is 0 Å². The van der Waals surface area contributed by atoms with Crippen LogP contribution in [0.15, 0.2) is 30.3 Å². The summed E-state index contributed by atoms with van der Waals surface area (Å²) in [6.45, 7) is 4.33. The topological polar surface area (TPSA) is 20.2 Å². The molecule has 0 fully saturated rings. The van der Waals surface area contributed by atoms with Crippen molar-refractivity contribution in [3.63, 3.8) is 0 Å². The van der Waals surface area contributed by atoms with Gasteiger partial charge in [0.25, 0.3) is 0 Å². The molecule has 0 spiro atoms. The van der Waals surface area contributed by atoms with E-state index in [1.807, 2.05) is 0 Å². The van der Waals surface area contributed by atoms with Gasteiger partial charge in [0, 0.05) is 0 Å². The molecule has 0 aliphatic heterocycles. The van der Waals surface area contributed by atoms with Crippen molar-refractivity contribution in [2.24, 2.45) is 5.92 Å². The second kappa shape index (κ2) is 8.30. The summed E-state index contributed by atoms with van der Waals surface area (Å²) < 4.78 is 0. The highest BCUT2D eigenvalue weighted by molar-refractivity contribution is 5.14. The molecule has 0 saturated carbocycles. The number of unbranched alkanes of at least 4 members (excludes halogenated alkanes) is 2. The molecule has 0 aliphatic carbocycles. The van der Waals surface area contributed by atoms with E-state index in [0.29, 0.717) is 5.92 Å². The monoisotopic (exact) mass is 234 g/mol. The number of hydrogen-bond donors (Lipinski definition) is 1. The molecular formula is C16H26O. The van der Waals surface area contributed by atoms with Gasteiger partial charge in [-0.05, 0) is 37.2 Å². The van der Waals surface area contributed by atoms with Crippen molar-refractivity contribution in [2.45, 2.75) is 58.5 Å². The van der Waals surface area contributed by atoms with E-state index in [1.54, 1.807) is 0 Å². The Morgan fingerprint density at radius 2 is 1.71 bits per heavy atom.